The number of para-hydroxylation sites is 1. The summed E-state index contributed by atoms with van der Waals surface area (Å²) in [4.78, 5) is 24.3. The van der Waals surface area contributed by atoms with Gasteiger partial charge in [0.25, 0.3) is 15.9 Å². The van der Waals surface area contributed by atoms with E-state index in [9.17, 15) is 22.4 Å². The fourth-order valence-corrected chi connectivity index (χ4v) is 4.13. The quantitative estimate of drug-likeness (QED) is 0.464. The van der Waals surface area contributed by atoms with Crippen LogP contribution >= 0.6 is 0 Å². The van der Waals surface area contributed by atoms with Gasteiger partial charge in [-0.2, -0.15) is 0 Å². The molecule has 1 N–H and O–H groups in total. The Morgan fingerprint density at radius 3 is 2.35 bits per heavy atom. The van der Waals surface area contributed by atoms with Gasteiger partial charge >= 0.3 is 5.97 Å². The van der Waals surface area contributed by atoms with E-state index in [1.54, 1.807) is 30.3 Å². The van der Waals surface area contributed by atoms with Crippen LogP contribution < -0.4 is 14.4 Å². The maximum atomic E-state index is 13.0. The molecule has 0 aliphatic heterocycles. The molecule has 178 valence electrons. The molecule has 1 unspecified atom stereocenters. The molecule has 0 aliphatic rings. The number of carbonyl (C=O) groups is 2. The number of nitrogens with one attached hydrogen (secondary N) is 1. The summed E-state index contributed by atoms with van der Waals surface area (Å²) >= 11 is 0. The van der Waals surface area contributed by atoms with Gasteiger partial charge in [0.15, 0.2) is 12.7 Å². The van der Waals surface area contributed by atoms with Gasteiger partial charge in [-0.25, -0.2) is 17.6 Å². The third kappa shape index (κ3) is 6.32. The Labute approximate surface area is 197 Å². The minimum absolute atomic E-state index is 0.0185. The normalized spacial score (nSPS) is 11.9. The van der Waals surface area contributed by atoms with Crippen LogP contribution in [0, 0.1) is 5.82 Å². The van der Waals surface area contributed by atoms with E-state index in [4.69, 9.17) is 9.47 Å². The van der Waals surface area contributed by atoms with Crippen LogP contribution in [0.1, 0.15) is 6.92 Å². The van der Waals surface area contributed by atoms with Crippen LogP contribution in [0.4, 0.5) is 15.8 Å². The van der Waals surface area contributed by atoms with Crippen molar-refractivity contribution >= 4 is 33.3 Å². The van der Waals surface area contributed by atoms with E-state index in [0.29, 0.717) is 5.69 Å². The lowest BCUT2D eigenvalue weighted by Crippen LogP contribution is -2.30. The Hall–Kier alpha value is -3.92. The summed E-state index contributed by atoms with van der Waals surface area (Å²) in [6, 6.07) is 19.4. The van der Waals surface area contributed by atoms with Gasteiger partial charge < -0.3 is 14.8 Å². The van der Waals surface area contributed by atoms with Gasteiger partial charge in [0, 0.05) is 12.7 Å². The second-order valence-corrected chi connectivity index (χ2v) is 9.18. The highest BCUT2D eigenvalue weighted by Gasteiger charge is 2.22. The number of carbonyl (C=O) groups excluding carboxylic acids is 2. The van der Waals surface area contributed by atoms with E-state index >= 15 is 0 Å². The molecule has 0 saturated carbocycles. The van der Waals surface area contributed by atoms with Crippen molar-refractivity contribution in [3.8, 4) is 5.75 Å². The molecule has 1 atom stereocenters. The number of halogens is 1. The Kier molecular flexibility index (Phi) is 7.85. The first-order valence-electron chi connectivity index (χ1n) is 10.2. The Balaban J connectivity index is 1.57. The fraction of sp³-hybridized carbons (Fsp3) is 0.167. The van der Waals surface area contributed by atoms with Crippen LogP contribution in [0.5, 0.6) is 5.75 Å². The topological polar surface area (TPSA) is 102 Å². The zero-order valence-corrected chi connectivity index (χ0v) is 19.3. The van der Waals surface area contributed by atoms with Gasteiger partial charge in [-0.05, 0) is 61.5 Å². The van der Waals surface area contributed by atoms with Crippen LogP contribution in [-0.2, 0) is 24.3 Å². The number of hydrogen-bond acceptors (Lipinski definition) is 6. The SMILES string of the molecule is CC(Oc1ccc(F)cc1)C(=O)OCC(=O)Nc1cccc(S(=O)(=O)N(C)c2ccccc2)c1. The first kappa shape index (κ1) is 24.7. The molecule has 0 bridgehead atoms. The number of ether oxygens (including phenoxy) is 2. The highest BCUT2D eigenvalue weighted by molar-refractivity contribution is 7.92. The lowest BCUT2D eigenvalue weighted by molar-refractivity contribution is -0.153. The van der Waals surface area contributed by atoms with E-state index in [2.05, 4.69) is 5.32 Å². The number of sulfonamides is 1. The van der Waals surface area contributed by atoms with Gasteiger partial charge in [-0.3, -0.25) is 9.10 Å². The molecule has 34 heavy (non-hydrogen) atoms. The van der Waals surface area contributed by atoms with Gasteiger partial charge in [-0.1, -0.05) is 24.3 Å². The second kappa shape index (κ2) is 10.8. The van der Waals surface area contributed by atoms with Crippen molar-refractivity contribution in [1.29, 1.82) is 0 Å². The predicted octanol–water partition coefficient (Wildman–Crippen LogP) is 3.60. The Morgan fingerprint density at radius 1 is 1.00 bits per heavy atom. The average Bonchev–Trinajstić information content (AvgIpc) is 2.84. The molecule has 10 heteroatoms. The van der Waals surface area contributed by atoms with Crippen LogP contribution in [0.2, 0.25) is 0 Å². The van der Waals surface area contributed by atoms with E-state index in [1.807, 2.05) is 0 Å². The number of amides is 1. The van der Waals surface area contributed by atoms with Crippen LogP contribution in [-0.4, -0.2) is 40.1 Å². The van der Waals surface area contributed by atoms with Crippen molar-refractivity contribution in [2.45, 2.75) is 17.9 Å². The molecule has 3 aromatic rings. The summed E-state index contributed by atoms with van der Waals surface area (Å²) in [5.74, 6) is -1.62. The van der Waals surface area contributed by atoms with Crippen LogP contribution in [0.15, 0.2) is 83.8 Å². The van der Waals surface area contributed by atoms with Crippen LogP contribution in [0.25, 0.3) is 0 Å². The van der Waals surface area contributed by atoms with Gasteiger partial charge in [-0.15, -0.1) is 0 Å². The molecule has 8 nitrogen and oxygen atoms in total. The molecular weight excluding hydrogens is 463 g/mol. The zero-order valence-electron chi connectivity index (χ0n) is 18.5. The Bertz CT molecular complexity index is 1250. The summed E-state index contributed by atoms with van der Waals surface area (Å²) in [7, 11) is -2.43. The number of benzene rings is 3. The molecule has 0 fully saturated rings. The second-order valence-electron chi connectivity index (χ2n) is 7.21. The van der Waals surface area contributed by atoms with E-state index in [0.717, 1.165) is 4.31 Å². The number of hydrogen-bond donors (Lipinski definition) is 1. The molecule has 0 heterocycles. The minimum Gasteiger partial charge on any atom is -0.479 e. The first-order chi connectivity index (χ1) is 16.2. The lowest BCUT2D eigenvalue weighted by atomic mass is 10.3. The fourth-order valence-electron chi connectivity index (χ4n) is 2.89. The van der Waals surface area contributed by atoms with Crippen LogP contribution in [0.3, 0.4) is 0 Å². The third-order valence-corrected chi connectivity index (χ3v) is 6.48. The highest BCUT2D eigenvalue weighted by atomic mass is 32.2. The predicted molar refractivity (Wildman–Crippen MR) is 125 cm³/mol. The number of anilines is 2. The summed E-state index contributed by atoms with van der Waals surface area (Å²) < 4.78 is 50.3. The van der Waals surface area contributed by atoms with Crippen molar-refractivity contribution in [2.75, 3.05) is 23.3 Å². The van der Waals surface area contributed by atoms with Gasteiger partial charge in [0.05, 0.1) is 10.6 Å². The van der Waals surface area contributed by atoms with Gasteiger partial charge in [0.1, 0.15) is 11.6 Å². The number of esters is 1. The summed E-state index contributed by atoms with van der Waals surface area (Å²) in [6.45, 7) is 0.831. The van der Waals surface area contributed by atoms with Gasteiger partial charge in [0.2, 0.25) is 0 Å². The largest absolute Gasteiger partial charge is 0.479 e. The number of rotatable bonds is 9. The standard InChI is InChI=1S/C24H23FN2O6S/c1-17(33-21-13-11-18(25)12-14-21)24(29)32-16-23(28)26-19-7-6-10-22(15-19)34(30,31)27(2)20-8-4-3-5-9-20/h3-15,17H,16H2,1-2H3,(H,26,28). The van der Waals surface area contributed by atoms with Crippen molar-refractivity contribution in [3.63, 3.8) is 0 Å². The monoisotopic (exact) mass is 486 g/mol. The lowest BCUT2D eigenvalue weighted by Gasteiger charge is -2.20. The van der Waals surface area contributed by atoms with Crippen molar-refractivity contribution in [1.82, 2.24) is 0 Å². The van der Waals surface area contributed by atoms with Crippen molar-refractivity contribution in [2.24, 2.45) is 0 Å². The maximum absolute atomic E-state index is 13.0. The molecule has 0 aliphatic carbocycles. The smallest absolute Gasteiger partial charge is 0.347 e. The third-order valence-electron chi connectivity index (χ3n) is 4.70. The van der Waals surface area contributed by atoms with E-state index < -0.39 is 40.4 Å². The summed E-state index contributed by atoms with van der Waals surface area (Å²) in [5, 5.41) is 2.50. The first-order valence-corrected chi connectivity index (χ1v) is 11.6. The molecule has 3 aromatic carbocycles. The van der Waals surface area contributed by atoms with E-state index in [1.165, 1.54) is 62.5 Å². The van der Waals surface area contributed by atoms with E-state index in [-0.39, 0.29) is 16.3 Å². The molecule has 0 saturated heterocycles. The average molecular weight is 487 g/mol. The molecular formula is C24H23FN2O6S. The molecule has 0 spiro atoms. The highest BCUT2D eigenvalue weighted by Crippen LogP contribution is 2.23. The molecule has 1 amide bonds. The minimum atomic E-state index is -3.86. The summed E-state index contributed by atoms with van der Waals surface area (Å²) in [5.41, 5.74) is 0.708. The number of nitrogens with zero attached hydrogens (tertiary/aromatic N) is 1. The van der Waals surface area contributed by atoms with Crippen molar-refractivity contribution in [3.05, 3.63) is 84.7 Å². The molecule has 3 rings (SSSR count). The summed E-state index contributed by atoms with van der Waals surface area (Å²) in [6.07, 6.45) is -1.03. The zero-order chi connectivity index (χ0) is 24.7. The maximum Gasteiger partial charge on any atom is 0.347 e. The Morgan fingerprint density at radius 2 is 1.68 bits per heavy atom. The molecule has 0 aromatic heterocycles. The molecule has 0 radical (unpaired) electrons. The van der Waals surface area contributed by atoms with Crippen molar-refractivity contribution < 1.29 is 31.9 Å².